The van der Waals surface area contributed by atoms with Crippen molar-refractivity contribution in [3.8, 4) is 0 Å². The van der Waals surface area contributed by atoms with E-state index in [1.54, 1.807) is 4.68 Å². The maximum atomic E-state index is 12.7. The topological polar surface area (TPSA) is 53.4 Å². The molecule has 0 spiro atoms. The highest BCUT2D eigenvalue weighted by Crippen LogP contribution is 2.25. The first kappa shape index (κ1) is 18.2. The normalized spacial score (nSPS) is 20.5. The van der Waals surface area contributed by atoms with Gasteiger partial charge in [-0.3, -0.25) is 4.68 Å². The largest absolute Gasteiger partial charge is 0.323 e. The molecule has 2 amide bonds. The number of aryl methyl sites for hydroxylation is 2. The van der Waals surface area contributed by atoms with Crippen LogP contribution in [0, 0.1) is 5.92 Å². The molecule has 0 unspecified atom stereocenters. The Balaban J connectivity index is 1.50. The van der Waals surface area contributed by atoms with Crippen LogP contribution < -0.4 is 5.32 Å². The molecule has 3 rings (SSSR count). The molecule has 1 aromatic rings. The molecule has 1 aliphatic carbocycles. The maximum absolute atomic E-state index is 12.7. The molecule has 0 aromatic carbocycles. The van der Waals surface area contributed by atoms with Crippen molar-refractivity contribution in [1.82, 2.24) is 19.6 Å². The van der Waals surface area contributed by atoms with Crippen LogP contribution >= 0.6 is 0 Å². The van der Waals surface area contributed by atoms with Crippen LogP contribution in [0.15, 0.2) is 6.20 Å². The van der Waals surface area contributed by atoms with Crippen molar-refractivity contribution in [2.24, 2.45) is 13.0 Å². The Morgan fingerprint density at radius 2 is 1.96 bits per heavy atom. The van der Waals surface area contributed by atoms with E-state index in [0.29, 0.717) is 0 Å². The Kier molecular flexibility index (Phi) is 6.34. The molecule has 1 aliphatic heterocycles. The molecular weight excluding hydrogens is 314 g/mol. The predicted molar refractivity (Wildman–Crippen MR) is 101 cm³/mol. The summed E-state index contributed by atoms with van der Waals surface area (Å²) >= 11 is 0. The summed E-state index contributed by atoms with van der Waals surface area (Å²) in [5, 5.41) is 7.46. The molecule has 1 aromatic heterocycles. The van der Waals surface area contributed by atoms with E-state index >= 15 is 0 Å². The van der Waals surface area contributed by atoms with E-state index < -0.39 is 0 Å². The van der Waals surface area contributed by atoms with Gasteiger partial charge >= 0.3 is 6.03 Å². The number of hydrogen-bond acceptors (Lipinski definition) is 3. The quantitative estimate of drug-likeness (QED) is 0.910. The molecule has 140 valence electrons. The Bertz CT molecular complexity index is 564. The first-order valence-electron chi connectivity index (χ1n) is 9.96. The SMILES string of the molecule is CCc1nn(C)cc1NC(=O)N1CCCN(CC2CCCCC2)CC1. The minimum Gasteiger partial charge on any atom is -0.323 e. The van der Waals surface area contributed by atoms with Gasteiger partial charge < -0.3 is 15.1 Å². The van der Waals surface area contributed by atoms with Crippen molar-refractivity contribution >= 4 is 11.7 Å². The number of amides is 2. The number of nitrogens with zero attached hydrogens (tertiary/aromatic N) is 4. The number of rotatable bonds is 4. The molecule has 6 heteroatoms. The van der Waals surface area contributed by atoms with Crippen molar-refractivity contribution in [3.63, 3.8) is 0 Å². The number of urea groups is 1. The van der Waals surface area contributed by atoms with Crippen LogP contribution in [0.25, 0.3) is 0 Å². The van der Waals surface area contributed by atoms with Crippen molar-refractivity contribution < 1.29 is 4.79 Å². The van der Waals surface area contributed by atoms with E-state index in [4.69, 9.17) is 0 Å². The monoisotopic (exact) mass is 347 g/mol. The fraction of sp³-hybridized carbons (Fsp3) is 0.789. The van der Waals surface area contributed by atoms with Gasteiger partial charge in [0.05, 0.1) is 11.4 Å². The summed E-state index contributed by atoms with van der Waals surface area (Å²) in [5.74, 6) is 0.872. The molecule has 0 atom stereocenters. The van der Waals surface area contributed by atoms with Gasteiger partial charge in [-0.25, -0.2) is 4.79 Å². The Hall–Kier alpha value is -1.56. The highest BCUT2D eigenvalue weighted by atomic mass is 16.2. The second-order valence-electron chi connectivity index (χ2n) is 7.59. The number of aromatic nitrogens is 2. The molecule has 2 fully saturated rings. The second-order valence-corrected chi connectivity index (χ2v) is 7.59. The first-order chi connectivity index (χ1) is 12.2. The number of carbonyl (C=O) groups excluding carboxylic acids is 1. The molecular formula is C19H33N5O. The summed E-state index contributed by atoms with van der Waals surface area (Å²) in [6.07, 6.45) is 10.8. The molecule has 1 N–H and O–H groups in total. The third-order valence-electron chi connectivity index (χ3n) is 5.60. The zero-order valence-corrected chi connectivity index (χ0v) is 15.8. The van der Waals surface area contributed by atoms with E-state index in [1.165, 1.54) is 38.6 Å². The fourth-order valence-electron chi connectivity index (χ4n) is 4.19. The number of nitrogens with one attached hydrogen (secondary N) is 1. The smallest absolute Gasteiger partial charge is 0.321 e. The zero-order valence-electron chi connectivity index (χ0n) is 15.8. The van der Waals surface area contributed by atoms with Crippen LogP contribution in [-0.4, -0.2) is 58.3 Å². The van der Waals surface area contributed by atoms with Crippen LogP contribution in [0.3, 0.4) is 0 Å². The summed E-state index contributed by atoms with van der Waals surface area (Å²) in [4.78, 5) is 17.2. The lowest BCUT2D eigenvalue weighted by Gasteiger charge is -2.28. The molecule has 2 aliphatic rings. The van der Waals surface area contributed by atoms with Crippen LogP contribution in [0.4, 0.5) is 10.5 Å². The number of anilines is 1. The van der Waals surface area contributed by atoms with Gasteiger partial charge in [-0.2, -0.15) is 5.10 Å². The van der Waals surface area contributed by atoms with Gasteiger partial charge in [-0.1, -0.05) is 26.2 Å². The Morgan fingerprint density at radius 1 is 1.16 bits per heavy atom. The van der Waals surface area contributed by atoms with Gasteiger partial charge in [0.2, 0.25) is 0 Å². The third kappa shape index (κ3) is 4.97. The summed E-state index contributed by atoms with van der Waals surface area (Å²) in [6.45, 7) is 7.06. The van der Waals surface area contributed by atoms with Gasteiger partial charge in [-0.05, 0) is 38.1 Å². The standard InChI is InChI=1S/C19H33N5O/c1-3-17-18(15-22(2)21-17)20-19(25)24-11-7-10-23(12-13-24)14-16-8-5-4-6-9-16/h15-16H,3-14H2,1-2H3,(H,20,25). The van der Waals surface area contributed by atoms with Crippen molar-refractivity contribution in [3.05, 3.63) is 11.9 Å². The van der Waals surface area contributed by atoms with Crippen molar-refractivity contribution in [2.75, 3.05) is 38.0 Å². The highest BCUT2D eigenvalue weighted by Gasteiger charge is 2.23. The predicted octanol–water partition coefficient (Wildman–Crippen LogP) is 3.10. The van der Waals surface area contributed by atoms with Crippen LogP contribution in [0.2, 0.25) is 0 Å². The van der Waals surface area contributed by atoms with Crippen LogP contribution in [0.5, 0.6) is 0 Å². The van der Waals surface area contributed by atoms with Gasteiger partial charge in [0, 0.05) is 39.4 Å². The third-order valence-corrected chi connectivity index (χ3v) is 5.60. The molecule has 1 saturated carbocycles. The number of hydrogen-bond donors (Lipinski definition) is 1. The molecule has 0 radical (unpaired) electrons. The zero-order chi connectivity index (χ0) is 17.6. The summed E-state index contributed by atoms with van der Waals surface area (Å²) < 4.78 is 1.77. The summed E-state index contributed by atoms with van der Waals surface area (Å²) in [5.41, 5.74) is 1.79. The first-order valence-corrected chi connectivity index (χ1v) is 9.96. The van der Waals surface area contributed by atoms with Gasteiger partial charge in [0.15, 0.2) is 0 Å². The lowest BCUT2D eigenvalue weighted by Crippen LogP contribution is -2.39. The molecule has 6 nitrogen and oxygen atoms in total. The molecule has 2 heterocycles. The fourth-order valence-corrected chi connectivity index (χ4v) is 4.19. The highest BCUT2D eigenvalue weighted by molar-refractivity contribution is 5.89. The van der Waals surface area contributed by atoms with E-state index in [9.17, 15) is 4.79 Å². The second kappa shape index (κ2) is 8.70. The minimum absolute atomic E-state index is 0.0159. The van der Waals surface area contributed by atoms with E-state index in [1.807, 2.05) is 18.1 Å². The summed E-state index contributed by atoms with van der Waals surface area (Å²) in [7, 11) is 1.89. The van der Waals surface area contributed by atoms with Gasteiger partial charge in [0.1, 0.15) is 0 Å². The minimum atomic E-state index is 0.0159. The number of carbonyl (C=O) groups is 1. The Morgan fingerprint density at radius 3 is 2.72 bits per heavy atom. The lowest BCUT2D eigenvalue weighted by atomic mass is 9.89. The average Bonchev–Trinajstić information content (AvgIpc) is 2.81. The molecule has 0 bridgehead atoms. The summed E-state index contributed by atoms with van der Waals surface area (Å²) in [6, 6.07) is 0.0159. The lowest BCUT2D eigenvalue weighted by molar-refractivity contribution is 0.197. The van der Waals surface area contributed by atoms with Gasteiger partial charge in [-0.15, -0.1) is 0 Å². The molecule has 25 heavy (non-hydrogen) atoms. The Labute approximate surface area is 151 Å². The van der Waals surface area contributed by atoms with E-state index in [2.05, 4.69) is 22.2 Å². The van der Waals surface area contributed by atoms with Crippen LogP contribution in [0.1, 0.15) is 51.1 Å². The van der Waals surface area contributed by atoms with E-state index in [-0.39, 0.29) is 6.03 Å². The van der Waals surface area contributed by atoms with Crippen molar-refractivity contribution in [1.29, 1.82) is 0 Å². The maximum Gasteiger partial charge on any atom is 0.321 e. The van der Waals surface area contributed by atoms with Crippen molar-refractivity contribution in [2.45, 2.75) is 51.9 Å². The van der Waals surface area contributed by atoms with Gasteiger partial charge in [0.25, 0.3) is 0 Å². The van der Waals surface area contributed by atoms with Crippen LogP contribution in [-0.2, 0) is 13.5 Å². The average molecular weight is 348 g/mol. The van der Waals surface area contributed by atoms with E-state index in [0.717, 1.165) is 56.3 Å². The molecule has 1 saturated heterocycles.